The van der Waals surface area contributed by atoms with E-state index in [2.05, 4.69) is 0 Å². The van der Waals surface area contributed by atoms with Gasteiger partial charge in [0, 0.05) is 0 Å². The summed E-state index contributed by atoms with van der Waals surface area (Å²) in [6, 6.07) is 23.1. The second-order valence-corrected chi connectivity index (χ2v) is 6.95. The molecule has 6 nitrogen and oxygen atoms in total. The number of aliphatic hydroxyl groups is 1. The van der Waals surface area contributed by atoms with Crippen LogP contribution in [0, 0.1) is 0 Å². The molecule has 0 spiro atoms. The van der Waals surface area contributed by atoms with Gasteiger partial charge in [-0.05, 0) is 42.0 Å². The van der Waals surface area contributed by atoms with Crippen molar-refractivity contribution in [3.63, 3.8) is 0 Å². The van der Waals surface area contributed by atoms with E-state index in [-0.39, 0.29) is 25.0 Å². The highest BCUT2D eigenvalue weighted by Gasteiger charge is 2.36. The molecule has 1 N–H and O–H groups in total. The maximum atomic E-state index is 12.5. The lowest BCUT2D eigenvalue weighted by atomic mass is 10.1. The topological polar surface area (TPSA) is 76.1 Å². The fourth-order valence-electron chi connectivity index (χ4n) is 3.24. The number of hydrogen-bond donors (Lipinski definition) is 1. The molecule has 152 valence electrons. The molecular weight excluding hydrogens is 382 g/mol. The van der Waals surface area contributed by atoms with E-state index in [1.54, 1.807) is 48.5 Å². The number of anilines is 1. The Morgan fingerprint density at radius 2 is 1.37 bits per heavy atom. The van der Waals surface area contributed by atoms with Crippen LogP contribution in [0.2, 0.25) is 0 Å². The first kappa shape index (κ1) is 19.8. The largest absolute Gasteiger partial charge is 0.491 e. The molecule has 2 amide bonds. The summed E-state index contributed by atoms with van der Waals surface area (Å²) in [7, 11) is 0. The van der Waals surface area contributed by atoms with Gasteiger partial charge in [0.25, 0.3) is 11.8 Å². The summed E-state index contributed by atoms with van der Waals surface area (Å²) < 4.78 is 11.1. The second kappa shape index (κ2) is 8.90. The quantitative estimate of drug-likeness (QED) is 0.583. The van der Waals surface area contributed by atoms with E-state index in [0.717, 1.165) is 10.5 Å². The zero-order valence-electron chi connectivity index (χ0n) is 16.2. The highest BCUT2D eigenvalue weighted by Crippen LogP contribution is 2.29. The number of benzene rings is 3. The van der Waals surface area contributed by atoms with Crippen LogP contribution in [-0.2, 0) is 11.3 Å². The number of rotatable bonds is 8. The molecular formula is C24H21NO5. The van der Waals surface area contributed by atoms with Gasteiger partial charge >= 0.3 is 0 Å². The lowest BCUT2D eigenvalue weighted by Gasteiger charge is -2.16. The van der Waals surface area contributed by atoms with Crippen molar-refractivity contribution in [1.29, 1.82) is 0 Å². The third-order valence-electron chi connectivity index (χ3n) is 4.75. The molecule has 4 rings (SSSR count). The van der Waals surface area contributed by atoms with E-state index < -0.39 is 6.10 Å². The Kier molecular flexibility index (Phi) is 5.88. The minimum Gasteiger partial charge on any atom is -0.491 e. The van der Waals surface area contributed by atoms with Gasteiger partial charge in [0.15, 0.2) is 0 Å². The van der Waals surface area contributed by atoms with Crippen molar-refractivity contribution in [3.8, 4) is 5.75 Å². The standard InChI is InChI=1S/C24H21NO5/c26-19(15-29-14-17-6-2-1-3-7-17)16-30-20-12-10-18(11-13-20)25-23(27)21-8-4-5-9-22(21)24(25)28/h1-13,19,26H,14-16H2/t19-/m1/s1. The van der Waals surface area contributed by atoms with E-state index in [4.69, 9.17) is 9.47 Å². The van der Waals surface area contributed by atoms with Crippen molar-refractivity contribution in [3.05, 3.63) is 95.6 Å². The second-order valence-electron chi connectivity index (χ2n) is 6.95. The molecule has 1 atom stereocenters. The van der Waals surface area contributed by atoms with Crippen LogP contribution in [0.3, 0.4) is 0 Å². The number of ether oxygens (including phenoxy) is 2. The molecule has 30 heavy (non-hydrogen) atoms. The number of imide groups is 1. The fourth-order valence-corrected chi connectivity index (χ4v) is 3.24. The van der Waals surface area contributed by atoms with Gasteiger partial charge in [-0.15, -0.1) is 0 Å². The van der Waals surface area contributed by atoms with Gasteiger partial charge in [-0.25, -0.2) is 4.90 Å². The molecule has 0 aliphatic carbocycles. The summed E-state index contributed by atoms with van der Waals surface area (Å²) in [5.41, 5.74) is 2.32. The number of amides is 2. The predicted octanol–water partition coefficient (Wildman–Crippen LogP) is 3.44. The Hall–Kier alpha value is -3.48. The van der Waals surface area contributed by atoms with Crippen molar-refractivity contribution >= 4 is 17.5 Å². The van der Waals surface area contributed by atoms with Crippen molar-refractivity contribution in [2.75, 3.05) is 18.1 Å². The Labute approximate surface area is 174 Å². The van der Waals surface area contributed by atoms with Crippen LogP contribution < -0.4 is 9.64 Å². The van der Waals surface area contributed by atoms with E-state index in [1.165, 1.54) is 0 Å². The molecule has 0 fully saturated rings. The molecule has 1 aliphatic heterocycles. The van der Waals surface area contributed by atoms with Crippen LogP contribution in [0.15, 0.2) is 78.9 Å². The molecule has 0 unspecified atom stereocenters. The van der Waals surface area contributed by atoms with Crippen LogP contribution in [0.5, 0.6) is 5.75 Å². The molecule has 1 aliphatic rings. The highest BCUT2D eigenvalue weighted by molar-refractivity contribution is 6.34. The average molecular weight is 403 g/mol. The SMILES string of the molecule is O=C1c2ccccc2C(=O)N1c1ccc(OC[C@H](O)COCc2ccccc2)cc1. The summed E-state index contributed by atoms with van der Waals surface area (Å²) in [6.45, 7) is 0.649. The van der Waals surface area contributed by atoms with Crippen molar-refractivity contribution in [2.45, 2.75) is 12.7 Å². The molecule has 3 aromatic rings. The zero-order chi connectivity index (χ0) is 20.9. The monoisotopic (exact) mass is 403 g/mol. The molecule has 1 heterocycles. The number of fused-ring (bicyclic) bond motifs is 1. The van der Waals surface area contributed by atoms with Crippen LogP contribution in [0.4, 0.5) is 5.69 Å². The first-order chi connectivity index (χ1) is 14.6. The average Bonchev–Trinajstić information content (AvgIpc) is 3.04. The fraction of sp³-hybridized carbons (Fsp3) is 0.167. The van der Waals surface area contributed by atoms with Gasteiger partial charge in [0.1, 0.15) is 18.5 Å². The molecule has 0 radical (unpaired) electrons. The number of carbonyl (C=O) groups is 2. The molecule has 0 saturated carbocycles. The lowest BCUT2D eigenvalue weighted by Crippen LogP contribution is -2.29. The molecule has 0 saturated heterocycles. The van der Waals surface area contributed by atoms with Crippen LogP contribution >= 0.6 is 0 Å². The summed E-state index contributed by atoms with van der Waals surface area (Å²) in [5, 5.41) is 10.0. The van der Waals surface area contributed by atoms with E-state index in [0.29, 0.717) is 29.2 Å². The third-order valence-corrected chi connectivity index (χ3v) is 4.75. The normalized spacial score (nSPS) is 14.0. The Balaban J connectivity index is 1.29. The van der Waals surface area contributed by atoms with Gasteiger partial charge in [-0.1, -0.05) is 42.5 Å². The van der Waals surface area contributed by atoms with Gasteiger partial charge < -0.3 is 14.6 Å². The third kappa shape index (κ3) is 4.25. The van der Waals surface area contributed by atoms with Gasteiger partial charge in [0.05, 0.1) is 30.0 Å². The van der Waals surface area contributed by atoms with E-state index >= 15 is 0 Å². The van der Waals surface area contributed by atoms with Gasteiger partial charge in [-0.2, -0.15) is 0 Å². The molecule has 0 bridgehead atoms. The van der Waals surface area contributed by atoms with Crippen LogP contribution in [0.1, 0.15) is 26.3 Å². The lowest BCUT2D eigenvalue weighted by molar-refractivity contribution is 0.00549. The number of nitrogens with zero attached hydrogens (tertiary/aromatic N) is 1. The van der Waals surface area contributed by atoms with Gasteiger partial charge in [0.2, 0.25) is 0 Å². The minimum atomic E-state index is -0.773. The molecule has 6 heteroatoms. The predicted molar refractivity (Wildman–Crippen MR) is 112 cm³/mol. The smallest absolute Gasteiger partial charge is 0.266 e. The minimum absolute atomic E-state index is 0.0706. The van der Waals surface area contributed by atoms with Gasteiger partial charge in [-0.3, -0.25) is 9.59 Å². The van der Waals surface area contributed by atoms with Crippen LogP contribution in [0.25, 0.3) is 0 Å². The maximum Gasteiger partial charge on any atom is 0.266 e. The summed E-state index contributed by atoms with van der Waals surface area (Å²) >= 11 is 0. The maximum absolute atomic E-state index is 12.5. The Morgan fingerprint density at radius 3 is 2.00 bits per heavy atom. The summed E-state index contributed by atoms with van der Waals surface area (Å²) in [4.78, 5) is 26.2. The Bertz CT molecular complexity index is 998. The number of carbonyl (C=O) groups excluding carboxylic acids is 2. The number of aliphatic hydroxyl groups excluding tert-OH is 1. The first-order valence-electron chi connectivity index (χ1n) is 9.64. The molecule has 0 aromatic heterocycles. The Morgan fingerprint density at radius 1 is 0.767 bits per heavy atom. The first-order valence-corrected chi connectivity index (χ1v) is 9.64. The van der Waals surface area contributed by atoms with Crippen molar-refractivity contribution in [2.24, 2.45) is 0 Å². The van der Waals surface area contributed by atoms with Crippen molar-refractivity contribution in [1.82, 2.24) is 0 Å². The zero-order valence-corrected chi connectivity index (χ0v) is 16.2. The van der Waals surface area contributed by atoms with E-state index in [9.17, 15) is 14.7 Å². The van der Waals surface area contributed by atoms with Crippen molar-refractivity contribution < 1.29 is 24.2 Å². The molecule has 3 aromatic carbocycles. The summed E-state index contributed by atoms with van der Waals surface area (Å²) in [6.07, 6.45) is -0.773. The summed E-state index contributed by atoms with van der Waals surface area (Å²) in [5.74, 6) is -0.150. The van der Waals surface area contributed by atoms with E-state index in [1.807, 2.05) is 30.3 Å². The highest BCUT2D eigenvalue weighted by atomic mass is 16.5. The number of hydrogen-bond acceptors (Lipinski definition) is 5. The van der Waals surface area contributed by atoms with Crippen LogP contribution in [-0.4, -0.2) is 36.2 Å².